The molecule has 18 heavy (non-hydrogen) atoms. The number of benzene rings is 1. The Morgan fingerprint density at radius 3 is 2.78 bits per heavy atom. The van der Waals surface area contributed by atoms with Crippen LogP contribution in [0.5, 0.6) is 11.5 Å². The number of carboxylic acids is 1. The van der Waals surface area contributed by atoms with Crippen molar-refractivity contribution in [3.8, 4) is 11.5 Å². The van der Waals surface area contributed by atoms with Crippen LogP contribution < -0.4 is 9.47 Å². The molecule has 0 aromatic heterocycles. The van der Waals surface area contributed by atoms with E-state index in [9.17, 15) is 18.0 Å². The third-order valence-electron chi connectivity index (χ3n) is 2.49. The van der Waals surface area contributed by atoms with E-state index in [0.29, 0.717) is 12.0 Å². The second-order valence-corrected chi connectivity index (χ2v) is 3.80. The van der Waals surface area contributed by atoms with Gasteiger partial charge in [-0.05, 0) is 36.6 Å². The summed E-state index contributed by atoms with van der Waals surface area (Å²) in [4.78, 5) is 10.7. The standard InChI is InChI=1S/C11H9F3O4/c12-11(13,14)18-7-2-4-8-6(5-7)1-3-9(17-8)10(15)16/h2,4-5,9H,1,3H2,(H,15,16). The number of fused-ring (bicyclic) bond motifs is 1. The predicted octanol–water partition coefficient (Wildman–Crippen LogP) is 2.36. The molecule has 2 rings (SSSR count). The Morgan fingerprint density at radius 1 is 1.44 bits per heavy atom. The maximum atomic E-state index is 12.0. The molecule has 98 valence electrons. The lowest BCUT2D eigenvalue weighted by Gasteiger charge is -2.23. The van der Waals surface area contributed by atoms with Crippen LogP contribution in [0.4, 0.5) is 13.2 Å². The molecule has 4 nitrogen and oxygen atoms in total. The van der Waals surface area contributed by atoms with Gasteiger partial charge in [0.1, 0.15) is 11.5 Å². The number of carbonyl (C=O) groups is 1. The topological polar surface area (TPSA) is 55.8 Å². The van der Waals surface area contributed by atoms with Gasteiger partial charge < -0.3 is 14.6 Å². The van der Waals surface area contributed by atoms with E-state index in [2.05, 4.69) is 4.74 Å². The van der Waals surface area contributed by atoms with Crippen molar-refractivity contribution in [3.05, 3.63) is 23.8 Å². The lowest BCUT2D eigenvalue weighted by atomic mass is 10.0. The molecule has 1 aliphatic rings. The van der Waals surface area contributed by atoms with Crippen molar-refractivity contribution in [2.75, 3.05) is 0 Å². The van der Waals surface area contributed by atoms with Crippen LogP contribution in [-0.4, -0.2) is 23.5 Å². The molecule has 1 aliphatic heterocycles. The molecule has 0 amide bonds. The molecule has 0 saturated heterocycles. The summed E-state index contributed by atoms with van der Waals surface area (Å²) in [7, 11) is 0. The summed E-state index contributed by atoms with van der Waals surface area (Å²) in [6.07, 6.45) is -5.14. The fraction of sp³-hybridized carbons (Fsp3) is 0.364. The van der Waals surface area contributed by atoms with Crippen molar-refractivity contribution in [1.29, 1.82) is 0 Å². The molecule has 0 bridgehead atoms. The summed E-state index contributed by atoms with van der Waals surface area (Å²) in [5, 5.41) is 8.77. The Bertz CT molecular complexity index is 470. The maximum Gasteiger partial charge on any atom is 0.573 e. The molecule has 1 atom stereocenters. The van der Waals surface area contributed by atoms with Gasteiger partial charge in [0.05, 0.1) is 0 Å². The summed E-state index contributed by atoms with van der Waals surface area (Å²) in [5.41, 5.74) is 0.509. The summed E-state index contributed by atoms with van der Waals surface area (Å²) >= 11 is 0. The number of hydrogen-bond acceptors (Lipinski definition) is 3. The van der Waals surface area contributed by atoms with Crippen LogP contribution in [0.2, 0.25) is 0 Å². The third kappa shape index (κ3) is 2.85. The fourth-order valence-corrected chi connectivity index (χ4v) is 1.74. The lowest BCUT2D eigenvalue weighted by Crippen LogP contribution is -2.30. The highest BCUT2D eigenvalue weighted by Crippen LogP contribution is 2.32. The third-order valence-corrected chi connectivity index (χ3v) is 2.49. The number of ether oxygens (including phenoxy) is 2. The van der Waals surface area contributed by atoms with E-state index in [1.54, 1.807) is 0 Å². The number of carboxylic acid groups (broad SMARTS) is 1. The molecule has 1 aromatic carbocycles. The molecule has 0 aliphatic carbocycles. The van der Waals surface area contributed by atoms with Gasteiger partial charge in [-0.25, -0.2) is 4.79 Å². The van der Waals surface area contributed by atoms with Crippen LogP contribution >= 0.6 is 0 Å². The first-order chi connectivity index (χ1) is 8.35. The summed E-state index contributed by atoms with van der Waals surface area (Å²) in [6.45, 7) is 0. The molecule has 0 spiro atoms. The largest absolute Gasteiger partial charge is 0.573 e. The first-order valence-corrected chi connectivity index (χ1v) is 5.13. The van der Waals surface area contributed by atoms with Gasteiger partial charge in [0.25, 0.3) is 0 Å². The molecule has 0 fully saturated rings. The average molecular weight is 262 g/mol. The summed E-state index contributed by atoms with van der Waals surface area (Å²) in [6, 6.07) is 3.59. The zero-order valence-corrected chi connectivity index (χ0v) is 9.03. The number of halogens is 3. The van der Waals surface area contributed by atoms with Gasteiger partial charge in [-0.1, -0.05) is 0 Å². The van der Waals surface area contributed by atoms with E-state index in [-0.39, 0.29) is 17.9 Å². The zero-order valence-electron chi connectivity index (χ0n) is 9.03. The first kappa shape index (κ1) is 12.5. The number of rotatable bonds is 2. The van der Waals surface area contributed by atoms with Crippen LogP contribution in [0.15, 0.2) is 18.2 Å². The van der Waals surface area contributed by atoms with Crippen LogP contribution in [0.1, 0.15) is 12.0 Å². The minimum atomic E-state index is -4.74. The number of aryl methyl sites for hydroxylation is 1. The van der Waals surface area contributed by atoms with E-state index in [1.165, 1.54) is 12.1 Å². The molecule has 1 aromatic rings. The summed E-state index contributed by atoms with van der Waals surface area (Å²) in [5.74, 6) is -1.14. The molecule has 1 heterocycles. The second-order valence-electron chi connectivity index (χ2n) is 3.80. The Kier molecular flexibility index (Phi) is 3.06. The molecule has 0 saturated carbocycles. The zero-order chi connectivity index (χ0) is 13.3. The van der Waals surface area contributed by atoms with E-state index in [4.69, 9.17) is 9.84 Å². The van der Waals surface area contributed by atoms with Gasteiger partial charge in [0.15, 0.2) is 6.10 Å². The molecular weight excluding hydrogens is 253 g/mol. The molecule has 1 N–H and O–H groups in total. The normalized spacial score (nSPS) is 18.7. The highest BCUT2D eigenvalue weighted by Gasteiger charge is 2.32. The van der Waals surface area contributed by atoms with Crippen LogP contribution in [0.3, 0.4) is 0 Å². The van der Waals surface area contributed by atoms with E-state index >= 15 is 0 Å². The predicted molar refractivity (Wildman–Crippen MR) is 53.5 cm³/mol. The quantitative estimate of drug-likeness (QED) is 0.888. The van der Waals surface area contributed by atoms with Gasteiger partial charge in [0, 0.05) is 0 Å². The van der Waals surface area contributed by atoms with Crippen LogP contribution in [0, 0.1) is 0 Å². The van der Waals surface area contributed by atoms with Crippen LogP contribution in [0.25, 0.3) is 0 Å². The van der Waals surface area contributed by atoms with Crippen molar-refractivity contribution in [3.63, 3.8) is 0 Å². The van der Waals surface area contributed by atoms with Crippen molar-refractivity contribution in [2.45, 2.75) is 25.3 Å². The number of hydrogen-bond donors (Lipinski definition) is 1. The highest BCUT2D eigenvalue weighted by molar-refractivity contribution is 5.73. The Hall–Kier alpha value is -1.92. The van der Waals surface area contributed by atoms with Gasteiger partial charge >= 0.3 is 12.3 Å². The average Bonchev–Trinajstić information content (AvgIpc) is 2.26. The van der Waals surface area contributed by atoms with Crippen molar-refractivity contribution in [1.82, 2.24) is 0 Å². The van der Waals surface area contributed by atoms with Gasteiger partial charge in [-0.2, -0.15) is 0 Å². The van der Waals surface area contributed by atoms with Crippen LogP contribution in [-0.2, 0) is 11.2 Å². The highest BCUT2D eigenvalue weighted by atomic mass is 19.4. The van der Waals surface area contributed by atoms with Crippen molar-refractivity contribution in [2.24, 2.45) is 0 Å². The molecule has 7 heteroatoms. The lowest BCUT2D eigenvalue weighted by molar-refractivity contribution is -0.274. The van der Waals surface area contributed by atoms with E-state index in [0.717, 1.165) is 6.07 Å². The second kappa shape index (κ2) is 4.40. The minimum Gasteiger partial charge on any atom is -0.479 e. The van der Waals surface area contributed by atoms with Gasteiger partial charge in [0.2, 0.25) is 0 Å². The molecular formula is C11H9F3O4. The van der Waals surface area contributed by atoms with Crippen molar-refractivity contribution >= 4 is 5.97 Å². The first-order valence-electron chi connectivity index (χ1n) is 5.13. The van der Waals surface area contributed by atoms with Gasteiger partial charge in [-0.3, -0.25) is 0 Å². The summed E-state index contributed by atoms with van der Waals surface area (Å²) < 4.78 is 44.9. The number of aliphatic carboxylic acids is 1. The van der Waals surface area contributed by atoms with Gasteiger partial charge in [-0.15, -0.1) is 13.2 Å². The monoisotopic (exact) mass is 262 g/mol. The SMILES string of the molecule is O=C(O)C1CCc2cc(OC(F)(F)F)ccc2O1. The minimum absolute atomic E-state index is 0.220. The van der Waals surface area contributed by atoms with E-state index < -0.39 is 18.4 Å². The molecule has 1 unspecified atom stereocenters. The van der Waals surface area contributed by atoms with Crippen molar-refractivity contribution < 1.29 is 32.5 Å². The Balaban J connectivity index is 2.17. The number of alkyl halides is 3. The Morgan fingerprint density at radius 2 is 2.17 bits per heavy atom. The smallest absolute Gasteiger partial charge is 0.479 e. The Labute approximate surface area is 99.9 Å². The molecule has 0 radical (unpaired) electrons. The maximum absolute atomic E-state index is 12.0. The fourth-order valence-electron chi connectivity index (χ4n) is 1.74. The van der Waals surface area contributed by atoms with E-state index in [1.807, 2.05) is 0 Å².